The summed E-state index contributed by atoms with van der Waals surface area (Å²) in [6.07, 6.45) is 1.85. The summed E-state index contributed by atoms with van der Waals surface area (Å²) in [5.41, 5.74) is 0. The molecule has 0 saturated heterocycles. The van der Waals surface area contributed by atoms with Gasteiger partial charge in [-0.25, -0.2) is 4.98 Å². The van der Waals surface area contributed by atoms with Crippen molar-refractivity contribution in [3.05, 3.63) is 24.4 Å². The van der Waals surface area contributed by atoms with Crippen molar-refractivity contribution in [2.75, 3.05) is 11.9 Å². The first-order chi connectivity index (χ1) is 7.18. The number of nitrogens with zero attached hydrogens (tertiary/aromatic N) is 1. The highest BCUT2D eigenvalue weighted by Crippen LogP contribution is 2.01. The molecule has 0 aromatic carbocycles. The molecule has 0 spiro atoms. The summed E-state index contributed by atoms with van der Waals surface area (Å²) in [4.78, 5) is 4.03. The number of ether oxygens (including phenoxy) is 1. The first-order valence-corrected chi connectivity index (χ1v) is 5.12. The Morgan fingerprint density at radius 3 is 3.07 bits per heavy atom. The van der Waals surface area contributed by atoms with Crippen LogP contribution in [-0.4, -0.2) is 28.0 Å². The second kappa shape index (κ2) is 6.31. The summed E-state index contributed by atoms with van der Waals surface area (Å²) in [5.74, 6) is 0.652. The third kappa shape index (κ3) is 5.29. The summed E-state index contributed by atoms with van der Waals surface area (Å²) in [6.45, 7) is 2.11. The van der Waals surface area contributed by atoms with Crippen molar-refractivity contribution in [3.63, 3.8) is 0 Å². The maximum Gasteiger partial charge on any atom is 0.262 e. The minimum absolute atomic E-state index is 0.273. The molecule has 0 aliphatic rings. The summed E-state index contributed by atoms with van der Waals surface area (Å²) >= 11 is 4.93. The molecule has 0 fully saturated rings. The maximum atomic E-state index is 9.00. The zero-order valence-corrected chi connectivity index (χ0v) is 9.33. The van der Waals surface area contributed by atoms with Crippen molar-refractivity contribution < 1.29 is 9.84 Å². The highest BCUT2D eigenvalue weighted by Gasteiger charge is 2.00. The van der Waals surface area contributed by atoms with E-state index in [1.165, 1.54) is 0 Å². The Balaban J connectivity index is 2.25. The van der Waals surface area contributed by atoms with Crippen LogP contribution in [0, 0.1) is 0 Å². The van der Waals surface area contributed by atoms with Gasteiger partial charge in [0.15, 0.2) is 0 Å². The Morgan fingerprint density at radius 1 is 1.67 bits per heavy atom. The number of hydrogen-bond acceptors (Lipinski definition) is 4. The summed E-state index contributed by atoms with van der Waals surface area (Å²) < 4.78 is 5.18. The topological polar surface area (TPSA) is 54.4 Å². The van der Waals surface area contributed by atoms with Crippen LogP contribution in [0.4, 0.5) is 5.82 Å². The number of aliphatic hydroxyl groups excluding tert-OH is 1. The molecule has 2 N–H and O–H groups in total. The molecule has 5 heteroatoms. The van der Waals surface area contributed by atoms with E-state index in [1.807, 2.05) is 12.1 Å². The molecule has 1 heterocycles. The molecule has 82 valence electrons. The number of pyridine rings is 1. The molecule has 4 nitrogen and oxygen atoms in total. The standard InChI is InChI=1S/C10H14N2O2S/c1-8(13)5-7-14-10(15)12-9-4-2-3-6-11-9/h2-4,6,8,13H,5,7H2,1H3,(H,11,12,15). The molecular weight excluding hydrogens is 212 g/mol. The quantitative estimate of drug-likeness (QED) is 0.763. The average Bonchev–Trinajstić information content (AvgIpc) is 2.18. The third-order valence-electron chi connectivity index (χ3n) is 1.66. The first-order valence-electron chi connectivity index (χ1n) is 4.71. The van der Waals surface area contributed by atoms with Gasteiger partial charge in [-0.05, 0) is 31.3 Å². The van der Waals surface area contributed by atoms with Gasteiger partial charge in [0.25, 0.3) is 5.17 Å². The Bertz CT molecular complexity index is 304. The van der Waals surface area contributed by atoms with Crippen molar-refractivity contribution in [1.29, 1.82) is 0 Å². The van der Waals surface area contributed by atoms with Crippen LogP contribution in [0.15, 0.2) is 24.4 Å². The van der Waals surface area contributed by atoms with Crippen molar-refractivity contribution in [1.82, 2.24) is 4.98 Å². The third-order valence-corrected chi connectivity index (χ3v) is 1.88. The van der Waals surface area contributed by atoms with Crippen molar-refractivity contribution in [2.24, 2.45) is 0 Å². The van der Waals surface area contributed by atoms with Crippen LogP contribution in [0.2, 0.25) is 0 Å². The maximum absolute atomic E-state index is 9.00. The molecular formula is C10H14N2O2S. The predicted molar refractivity (Wildman–Crippen MR) is 62.7 cm³/mol. The second-order valence-electron chi connectivity index (χ2n) is 3.11. The van der Waals surface area contributed by atoms with E-state index >= 15 is 0 Å². The number of aromatic nitrogens is 1. The molecule has 0 bridgehead atoms. The fraction of sp³-hybridized carbons (Fsp3) is 0.400. The monoisotopic (exact) mass is 226 g/mol. The van der Waals surface area contributed by atoms with Gasteiger partial charge in [-0.15, -0.1) is 0 Å². The van der Waals surface area contributed by atoms with Crippen LogP contribution in [0.1, 0.15) is 13.3 Å². The van der Waals surface area contributed by atoms with Crippen molar-refractivity contribution >= 4 is 23.2 Å². The number of hydrogen-bond donors (Lipinski definition) is 2. The fourth-order valence-corrected chi connectivity index (χ4v) is 1.09. The SMILES string of the molecule is CC(O)CCOC(=S)Nc1ccccn1. The van der Waals surface area contributed by atoms with E-state index in [0.717, 1.165) is 0 Å². The Labute approximate surface area is 94.3 Å². The molecule has 0 aliphatic heterocycles. The van der Waals surface area contributed by atoms with Gasteiger partial charge in [0.1, 0.15) is 5.82 Å². The normalized spacial score (nSPS) is 11.9. The number of nitrogens with one attached hydrogen (secondary N) is 1. The molecule has 1 rings (SSSR count). The lowest BCUT2D eigenvalue weighted by atomic mass is 10.3. The smallest absolute Gasteiger partial charge is 0.262 e. The molecule has 0 radical (unpaired) electrons. The lowest BCUT2D eigenvalue weighted by molar-refractivity contribution is 0.153. The molecule has 0 amide bonds. The molecule has 1 unspecified atom stereocenters. The van der Waals surface area contributed by atoms with Crippen LogP contribution in [0.3, 0.4) is 0 Å². The van der Waals surface area contributed by atoms with Gasteiger partial charge in [-0.3, -0.25) is 0 Å². The number of aliphatic hydroxyl groups is 1. The van der Waals surface area contributed by atoms with Gasteiger partial charge in [-0.2, -0.15) is 0 Å². The number of rotatable bonds is 4. The van der Waals surface area contributed by atoms with E-state index in [4.69, 9.17) is 22.1 Å². The Hall–Kier alpha value is -1.20. The molecule has 1 aromatic heterocycles. The van der Waals surface area contributed by atoms with Crippen LogP contribution in [0.25, 0.3) is 0 Å². The highest BCUT2D eigenvalue weighted by molar-refractivity contribution is 7.80. The van der Waals surface area contributed by atoms with E-state index in [1.54, 1.807) is 19.2 Å². The average molecular weight is 226 g/mol. The van der Waals surface area contributed by atoms with E-state index in [9.17, 15) is 0 Å². The summed E-state index contributed by atoms with van der Waals surface area (Å²) in [5, 5.41) is 12.1. The predicted octanol–water partition coefficient (Wildman–Crippen LogP) is 1.57. The second-order valence-corrected chi connectivity index (χ2v) is 3.48. The lowest BCUT2D eigenvalue weighted by Crippen LogP contribution is -2.16. The fourth-order valence-electron chi connectivity index (χ4n) is 0.900. The van der Waals surface area contributed by atoms with Gasteiger partial charge < -0.3 is 15.2 Å². The van der Waals surface area contributed by atoms with Gasteiger partial charge in [-0.1, -0.05) is 6.07 Å². The van der Waals surface area contributed by atoms with Crippen LogP contribution >= 0.6 is 12.2 Å². The van der Waals surface area contributed by atoms with Gasteiger partial charge in [0.05, 0.1) is 12.7 Å². The van der Waals surface area contributed by atoms with Gasteiger partial charge >= 0.3 is 0 Å². The van der Waals surface area contributed by atoms with E-state index in [2.05, 4.69) is 10.3 Å². The van der Waals surface area contributed by atoms with E-state index < -0.39 is 0 Å². The van der Waals surface area contributed by atoms with Crippen LogP contribution < -0.4 is 5.32 Å². The molecule has 15 heavy (non-hydrogen) atoms. The van der Waals surface area contributed by atoms with Gasteiger partial charge in [0.2, 0.25) is 0 Å². The van der Waals surface area contributed by atoms with Crippen molar-refractivity contribution in [3.8, 4) is 0 Å². The minimum Gasteiger partial charge on any atom is -0.471 e. The molecule has 1 aromatic rings. The number of thiocarbonyl (C=S) groups is 1. The first kappa shape index (κ1) is 11.9. The van der Waals surface area contributed by atoms with Crippen LogP contribution in [0.5, 0.6) is 0 Å². The molecule has 0 aliphatic carbocycles. The lowest BCUT2D eigenvalue weighted by Gasteiger charge is -2.09. The van der Waals surface area contributed by atoms with Crippen molar-refractivity contribution in [2.45, 2.75) is 19.4 Å². The zero-order chi connectivity index (χ0) is 11.1. The Morgan fingerprint density at radius 2 is 2.47 bits per heavy atom. The molecule has 0 saturated carbocycles. The molecule has 1 atom stereocenters. The largest absolute Gasteiger partial charge is 0.471 e. The van der Waals surface area contributed by atoms with Gasteiger partial charge in [0, 0.05) is 12.6 Å². The van der Waals surface area contributed by atoms with E-state index in [-0.39, 0.29) is 11.3 Å². The zero-order valence-electron chi connectivity index (χ0n) is 8.51. The highest BCUT2D eigenvalue weighted by atomic mass is 32.1. The summed E-state index contributed by atoms with van der Waals surface area (Å²) in [6, 6.07) is 5.47. The number of anilines is 1. The minimum atomic E-state index is -0.373. The van der Waals surface area contributed by atoms with E-state index in [0.29, 0.717) is 18.8 Å². The van der Waals surface area contributed by atoms with Crippen LogP contribution in [-0.2, 0) is 4.74 Å². The Kier molecular flexibility index (Phi) is 5.00. The summed E-state index contributed by atoms with van der Waals surface area (Å²) in [7, 11) is 0.